The van der Waals surface area contributed by atoms with Crippen LogP contribution in [0.1, 0.15) is 10.5 Å². The summed E-state index contributed by atoms with van der Waals surface area (Å²) in [7, 11) is 1.81. The Bertz CT molecular complexity index is 556. The number of nitrogens with zero attached hydrogens (tertiary/aromatic N) is 2. The van der Waals surface area contributed by atoms with E-state index in [1.807, 2.05) is 31.3 Å². The summed E-state index contributed by atoms with van der Waals surface area (Å²) in [5, 5.41) is 4.08. The summed E-state index contributed by atoms with van der Waals surface area (Å²) in [5.41, 5.74) is 2.32. The summed E-state index contributed by atoms with van der Waals surface area (Å²) in [4.78, 5) is 10.7. The lowest BCUT2D eigenvalue weighted by Gasteiger charge is -2.05. The Kier molecular flexibility index (Phi) is 3.57. The molecule has 0 aliphatic carbocycles. The lowest BCUT2D eigenvalue weighted by atomic mass is 10.1. The summed E-state index contributed by atoms with van der Waals surface area (Å²) in [6.45, 7) is 4.08. The fourth-order valence-corrected chi connectivity index (χ4v) is 1.69. The number of carbonyl (C=O) groups is 1. The van der Waals surface area contributed by atoms with E-state index in [2.05, 4.69) is 11.7 Å². The Morgan fingerprint density at radius 1 is 1.39 bits per heavy atom. The van der Waals surface area contributed by atoms with Crippen LogP contribution in [0.2, 0.25) is 0 Å². The molecule has 1 aromatic heterocycles. The van der Waals surface area contributed by atoms with Crippen molar-refractivity contribution in [3.63, 3.8) is 0 Å². The first kappa shape index (κ1) is 12.1. The first-order valence-corrected chi connectivity index (χ1v) is 5.58. The average Bonchev–Trinajstić information content (AvgIpc) is 2.78. The fraction of sp³-hybridized carbons (Fsp3) is 0.143. The molecule has 4 heteroatoms. The van der Waals surface area contributed by atoms with Crippen molar-refractivity contribution in [2.75, 3.05) is 6.61 Å². The van der Waals surface area contributed by atoms with Crippen molar-refractivity contribution >= 4 is 6.29 Å². The first-order chi connectivity index (χ1) is 8.74. The van der Waals surface area contributed by atoms with Gasteiger partial charge in [0.05, 0.1) is 5.69 Å². The van der Waals surface area contributed by atoms with Gasteiger partial charge in [0, 0.05) is 12.6 Å². The number of aromatic nitrogens is 2. The van der Waals surface area contributed by atoms with E-state index in [9.17, 15) is 4.79 Å². The summed E-state index contributed by atoms with van der Waals surface area (Å²) in [5.74, 6) is 0.788. The van der Waals surface area contributed by atoms with Gasteiger partial charge >= 0.3 is 0 Å². The summed E-state index contributed by atoms with van der Waals surface area (Å²) < 4.78 is 7.09. The van der Waals surface area contributed by atoms with E-state index in [0.717, 1.165) is 23.3 Å². The van der Waals surface area contributed by atoms with Gasteiger partial charge in [-0.25, -0.2) is 0 Å². The van der Waals surface area contributed by atoms with Crippen molar-refractivity contribution < 1.29 is 9.53 Å². The van der Waals surface area contributed by atoms with Crippen molar-refractivity contribution in [2.24, 2.45) is 7.05 Å². The molecule has 0 N–H and O–H groups in total. The van der Waals surface area contributed by atoms with Crippen molar-refractivity contribution in [2.45, 2.75) is 0 Å². The van der Waals surface area contributed by atoms with Crippen molar-refractivity contribution in [3.8, 4) is 17.0 Å². The first-order valence-electron chi connectivity index (χ1n) is 5.58. The largest absolute Gasteiger partial charge is 0.490 e. The molecule has 0 unspecified atom stereocenters. The molecule has 18 heavy (non-hydrogen) atoms. The van der Waals surface area contributed by atoms with Gasteiger partial charge in [0.1, 0.15) is 18.1 Å². The van der Waals surface area contributed by atoms with E-state index in [0.29, 0.717) is 12.3 Å². The van der Waals surface area contributed by atoms with Crippen LogP contribution >= 0.6 is 0 Å². The quantitative estimate of drug-likeness (QED) is 0.597. The molecule has 1 heterocycles. The van der Waals surface area contributed by atoms with Crippen LogP contribution in [0.5, 0.6) is 5.75 Å². The topological polar surface area (TPSA) is 44.1 Å². The van der Waals surface area contributed by atoms with Gasteiger partial charge in [-0.3, -0.25) is 9.48 Å². The van der Waals surface area contributed by atoms with Crippen LogP contribution in [0.25, 0.3) is 11.3 Å². The van der Waals surface area contributed by atoms with Crippen LogP contribution in [-0.4, -0.2) is 22.7 Å². The molecule has 0 spiro atoms. The average molecular weight is 242 g/mol. The number of ether oxygens (including phenoxy) is 1. The van der Waals surface area contributed by atoms with Gasteiger partial charge in [-0.05, 0) is 30.3 Å². The van der Waals surface area contributed by atoms with Gasteiger partial charge in [0.2, 0.25) is 0 Å². The molecular weight excluding hydrogens is 228 g/mol. The molecule has 2 rings (SSSR count). The molecule has 2 aromatic rings. The van der Waals surface area contributed by atoms with Gasteiger partial charge in [0.25, 0.3) is 0 Å². The van der Waals surface area contributed by atoms with Crippen molar-refractivity contribution in [1.29, 1.82) is 0 Å². The molecular formula is C14H14N2O2. The monoisotopic (exact) mass is 242 g/mol. The Labute approximate surface area is 106 Å². The number of rotatable bonds is 5. The third-order valence-corrected chi connectivity index (χ3v) is 2.54. The molecule has 0 atom stereocenters. The van der Waals surface area contributed by atoms with Crippen molar-refractivity contribution in [1.82, 2.24) is 9.78 Å². The molecule has 1 aromatic carbocycles. The van der Waals surface area contributed by atoms with E-state index in [1.54, 1.807) is 16.8 Å². The van der Waals surface area contributed by atoms with E-state index < -0.39 is 0 Å². The maximum atomic E-state index is 10.7. The van der Waals surface area contributed by atoms with Crippen LogP contribution in [0.3, 0.4) is 0 Å². The standard InChI is InChI=1S/C14H14N2O2/c1-3-8-18-13-6-4-11(5-7-13)14-9-12(10-17)15-16(14)2/h3-7,9-10H,1,8H2,2H3. The zero-order valence-corrected chi connectivity index (χ0v) is 10.2. The summed E-state index contributed by atoms with van der Waals surface area (Å²) >= 11 is 0. The predicted molar refractivity (Wildman–Crippen MR) is 69.7 cm³/mol. The van der Waals surface area contributed by atoms with E-state index in [4.69, 9.17) is 4.74 Å². The minimum Gasteiger partial charge on any atom is -0.490 e. The number of hydrogen-bond donors (Lipinski definition) is 0. The lowest BCUT2D eigenvalue weighted by molar-refractivity contribution is 0.111. The molecule has 0 aliphatic heterocycles. The third kappa shape index (κ3) is 2.48. The van der Waals surface area contributed by atoms with Crippen LogP contribution in [0.4, 0.5) is 0 Å². The minimum absolute atomic E-state index is 0.430. The van der Waals surface area contributed by atoms with E-state index in [-0.39, 0.29) is 0 Å². The Balaban J connectivity index is 2.25. The van der Waals surface area contributed by atoms with Gasteiger partial charge in [-0.15, -0.1) is 0 Å². The molecule has 0 fully saturated rings. The molecule has 0 amide bonds. The van der Waals surface area contributed by atoms with Crippen LogP contribution < -0.4 is 4.74 Å². The smallest absolute Gasteiger partial charge is 0.170 e. The highest BCUT2D eigenvalue weighted by atomic mass is 16.5. The SMILES string of the molecule is C=CCOc1ccc(-c2cc(C=O)nn2C)cc1. The summed E-state index contributed by atoms with van der Waals surface area (Å²) in [6.07, 6.45) is 2.44. The van der Waals surface area contributed by atoms with E-state index in [1.165, 1.54) is 0 Å². The number of hydrogen-bond acceptors (Lipinski definition) is 3. The number of benzene rings is 1. The zero-order valence-electron chi connectivity index (χ0n) is 10.2. The molecule has 4 nitrogen and oxygen atoms in total. The maximum absolute atomic E-state index is 10.7. The predicted octanol–water partition coefficient (Wildman–Crippen LogP) is 2.46. The number of aryl methyl sites for hydroxylation is 1. The van der Waals surface area contributed by atoms with Crippen LogP contribution in [-0.2, 0) is 7.05 Å². The highest BCUT2D eigenvalue weighted by molar-refractivity contribution is 5.75. The normalized spacial score (nSPS) is 10.1. The molecule has 0 bridgehead atoms. The van der Waals surface area contributed by atoms with Crippen molar-refractivity contribution in [3.05, 3.63) is 48.7 Å². The number of aldehydes is 1. The molecule has 0 radical (unpaired) electrons. The van der Waals surface area contributed by atoms with Crippen LogP contribution in [0.15, 0.2) is 43.0 Å². The van der Waals surface area contributed by atoms with Gasteiger partial charge < -0.3 is 4.74 Å². The maximum Gasteiger partial charge on any atom is 0.170 e. The Morgan fingerprint density at radius 2 is 2.11 bits per heavy atom. The highest BCUT2D eigenvalue weighted by Gasteiger charge is 2.06. The highest BCUT2D eigenvalue weighted by Crippen LogP contribution is 2.22. The molecule has 92 valence electrons. The second-order valence-corrected chi connectivity index (χ2v) is 3.82. The second-order valence-electron chi connectivity index (χ2n) is 3.82. The zero-order chi connectivity index (χ0) is 13.0. The number of carbonyl (C=O) groups excluding carboxylic acids is 1. The fourth-order valence-electron chi connectivity index (χ4n) is 1.69. The lowest BCUT2D eigenvalue weighted by Crippen LogP contribution is -1.95. The Hall–Kier alpha value is -2.36. The minimum atomic E-state index is 0.430. The van der Waals surface area contributed by atoms with Gasteiger partial charge in [0.15, 0.2) is 6.29 Å². The third-order valence-electron chi connectivity index (χ3n) is 2.54. The van der Waals surface area contributed by atoms with E-state index >= 15 is 0 Å². The second kappa shape index (κ2) is 5.31. The van der Waals surface area contributed by atoms with Crippen LogP contribution in [0, 0.1) is 0 Å². The van der Waals surface area contributed by atoms with Gasteiger partial charge in [-0.2, -0.15) is 5.10 Å². The molecule has 0 aliphatic rings. The summed E-state index contributed by atoms with van der Waals surface area (Å²) in [6, 6.07) is 9.39. The van der Waals surface area contributed by atoms with Gasteiger partial charge in [-0.1, -0.05) is 12.7 Å². The molecule has 0 saturated carbocycles. The Morgan fingerprint density at radius 3 is 2.67 bits per heavy atom. The molecule has 0 saturated heterocycles.